The molecule has 0 saturated carbocycles. The molecule has 0 aromatic heterocycles. The predicted molar refractivity (Wildman–Crippen MR) is 105 cm³/mol. The lowest BCUT2D eigenvalue weighted by molar-refractivity contribution is 0.0916. The van der Waals surface area contributed by atoms with E-state index < -0.39 is 22.0 Å². The molecule has 2 N–H and O–H groups in total. The second-order valence-corrected chi connectivity index (χ2v) is 7.95. The van der Waals surface area contributed by atoms with E-state index in [4.69, 9.17) is 11.6 Å². The Morgan fingerprint density at radius 3 is 2.56 bits per heavy atom. The highest BCUT2D eigenvalue weighted by Crippen LogP contribution is 2.24. The molecule has 0 heterocycles. The Bertz CT molecular complexity index is 931. The highest BCUT2D eigenvalue weighted by molar-refractivity contribution is 7.90. The molecule has 1 amide bonds. The SMILES string of the molecule is CN(C)C=NS(=O)(=O)c1cc(C(=O)NCC(O)c2ccccc2)ccc1Cl. The van der Waals surface area contributed by atoms with E-state index in [1.54, 1.807) is 38.4 Å². The Balaban J connectivity index is 2.16. The summed E-state index contributed by atoms with van der Waals surface area (Å²) in [5, 5.41) is 12.6. The number of amides is 1. The molecule has 0 fully saturated rings. The molecule has 0 aliphatic rings. The first-order valence-corrected chi connectivity index (χ1v) is 9.80. The third kappa shape index (κ3) is 5.78. The minimum absolute atomic E-state index is 0.0215. The predicted octanol–water partition coefficient (Wildman–Crippen LogP) is 2.08. The topological polar surface area (TPSA) is 99.1 Å². The van der Waals surface area contributed by atoms with Crippen LogP contribution in [-0.2, 0) is 10.0 Å². The summed E-state index contributed by atoms with van der Waals surface area (Å²) in [6, 6.07) is 12.8. The zero-order valence-electron chi connectivity index (χ0n) is 14.8. The van der Waals surface area contributed by atoms with Crippen LogP contribution < -0.4 is 5.32 Å². The zero-order valence-corrected chi connectivity index (χ0v) is 16.4. The largest absolute Gasteiger partial charge is 0.387 e. The molecule has 0 saturated heterocycles. The number of hydrogen-bond acceptors (Lipinski definition) is 4. The zero-order chi connectivity index (χ0) is 20.0. The molecule has 2 aromatic rings. The lowest BCUT2D eigenvalue weighted by atomic mass is 10.1. The van der Waals surface area contributed by atoms with Crippen molar-refractivity contribution >= 4 is 33.9 Å². The van der Waals surface area contributed by atoms with Crippen LogP contribution in [0.4, 0.5) is 0 Å². The molecule has 144 valence electrons. The second-order valence-electron chi connectivity index (χ2n) is 5.94. The maximum atomic E-state index is 12.3. The van der Waals surface area contributed by atoms with Crippen LogP contribution in [0.25, 0.3) is 0 Å². The lowest BCUT2D eigenvalue weighted by Gasteiger charge is -2.13. The molecular formula is C18H20ClN3O4S. The quantitative estimate of drug-likeness (QED) is 0.538. The van der Waals surface area contributed by atoms with Gasteiger partial charge >= 0.3 is 0 Å². The number of aliphatic hydroxyl groups is 1. The van der Waals surface area contributed by atoms with Crippen LogP contribution in [0.1, 0.15) is 22.0 Å². The molecular weight excluding hydrogens is 390 g/mol. The number of nitrogens with zero attached hydrogens (tertiary/aromatic N) is 2. The summed E-state index contributed by atoms with van der Waals surface area (Å²) in [5.41, 5.74) is 0.758. The van der Waals surface area contributed by atoms with Crippen molar-refractivity contribution < 1.29 is 18.3 Å². The van der Waals surface area contributed by atoms with Crippen LogP contribution in [0.2, 0.25) is 5.02 Å². The lowest BCUT2D eigenvalue weighted by Crippen LogP contribution is -2.28. The maximum absolute atomic E-state index is 12.3. The van der Waals surface area contributed by atoms with E-state index in [2.05, 4.69) is 9.71 Å². The van der Waals surface area contributed by atoms with Gasteiger partial charge < -0.3 is 15.3 Å². The van der Waals surface area contributed by atoms with E-state index >= 15 is 0 Å². The maximum Gasteiger partial charge on any atom is 0.285 e. The van der Waals surface area contributed by atoms with Crippen LogP contribution >= 0.6 is 11.6 Å². The first-order chi connectivity index (χ1) is 12.7. The molecule has 1 unspecified atom stereocenters. The molecule has 0 bridgehead atoms. The van der Waals surface area contributed by atoms with Crippen LogP contribution in [0, 0.1) is 0 Å². The van der Waals surface area contributed by atoms with E-state index in [-0.39, 0.29) is 22.0 Å². The molecule has 7 nitrogen and oxygen atoms in total. The van der Waals surface area contributed by atoms with E-state index in [0.29, 0.717) is 5.56 Å². The fraction of sp³-hybridized carbons (Fsp3) is 0.222. The normalized spacial score (nSPS) is 12.7. The smallest absolute Gasteiger partial charge is 0.285 e. The Hall–Kier alpha value is -2.42. The number of aliphatic hydroxyl groups excluding tert-OH is 1. The van der Waals surface area contributed by atoms with Crippen molar-refractivity contribution in [2.45, 2.75) is 11.0 Å². The van der Waals surface area contributed by atoms with Crippen LogP contribution in [-0.4, -0.2) is 51.3 Å². The summed E-state index contributed by atoms with van der Waals surface area (Å²) in [6.07, 6.45) is 0.254. The Labute approximate surface area is 163 Å². The number of carbonyl (C=O) groups excluding carboxylic acids is 1. The molecule has 0 radical (unpaired) electrons. The van der Waals surface area contributed by atoms with Gasteiger partial charge in [0.15, 0.2) is 0 Å². The van der Waals surface area contributed by atoms with Gasteiger partial charge in [-0.3, -0.25) is 4.79 Å². The van der Waals surface area contributed by atoms with E-state index in [0.717, 1.165) is 12.4 Å². The number of nitrogens with one attached hydrogen (secondary N) is 1. The molecule has 0 aliphatic carbocycles. The molecule has 2 aromatic carbocycles. The van der Waals surface area contributed by atoms with Crippen molar-refractivity contribution in [1.29, 1.82) is 0 Å². The molecule has 1 atom stereocenters. The Morgan fingerprint density at radius 1 is 1.26 bits per heavy atom. The minimum Gasteiger partial charge on any atom is -0.387 e. The minimum atomic E-state index is -4.05. The van der Waals surface area contributed by atoms with Gasteiger partial charge in [-0.25, -0.2) is 0 Å². The summed E-state index contributed by atoms with van der Waals surface area (Å²) < 4.78 is 28.1. The first kappa shape index (κ1) is 20.9. The summed E-state index contributed by atoms with van der Waals surface area (Å²) >= 11 is 5.97. The standard InChI is InChI=1S/C18H20ClN3O4S/c1-22(2)12-21-27(25,26)17-10-14(8-9-15(17)19)18(24)20-11-16(23)13-6-4-3-5-7-13/h3-10,12,16,23H,11H2,1-2H3,(H,20,24). The van der Waals surface area contributed by atoms with Crippen molar-refractivity contribution in [1.82, 2.24) is 10.2 Å². The number of benzene rings is 2. The van der Waals surface area contributed by atoms with Crippen molar-refractivity contribution in [2.75, 3.05) is 20.6 Å². The number of rotatable bonds is 7. The molecule has 27 heavy (non-hydrogen) atoms. The van der Waals surface area contributed by atoms with Crippen molar-refractivity contribution in [3.63, 3.8) is 0 Å². The molecule has 2 rings (SSSR count). The summed E-state index contributed by atoms with van der Waals surface area (Å²) in [4.78, 5) is 13.5. The van der Waals surface area contributed by atoms with Gasteiger partial charge in [-0.2, -0.15) is 8.42 Å². The average molecular weight is 410 g/mol. The number of halogens is 1. The van der Waals surface area contributed by atoms with E-state index in [1.165, 1.54) is 17.0 Å². The van der Waals surface area contributed by atoms with Crippen molar-refractivity contribution in [3.05, 3.63) is 64.7 Å². The monoisotopic (exact) mass is 409 g/mol. The van der Waals surface area contributed by atoms with Crippen molar-refractivity contribution in [3.8, 4) is 0 Å². The average Bonchev–Trinajstić information content (AvgIpc) is 2.65. The first-order valence-electron chi connectivity index (χ1n) is 7.98. The van der Waals surface area contributed by atoms with Gasteiger partial charge in [0, 0.05) is 26.2 Å². The van der Waals surface area contributed by atoms with Crippen LogP contribution in [0.3, 0.4) is 0 Å². The highest BCUT2D eigenvalue weighted by Gasteiger charge is 2.19. The van der Waals surface area contributed by atoms with E-state index in [1.807, 2.05) is 6.07 Å². The Kier molecular flexibility index (Phi) is 6.95. The van der Waals surface area contributed by atoms with Gasteiger partial charge in [0.05, 0.1) is 11.1 Å². The Morgan fingerprint density at radius 2 is 1.93 bits per heavy atom. The number of carbonyl (C=O) groups is 1. The summed E-state index contributed by atoms with van der Waals surface area (Å²) in [5.74, 6) is -0.533. The van der Waals surface area contributed by atoms with E-state index in [9.17, 15) is 18.3 Å². The number of sulfonamides is 1. The molecule has 0 aliphatic heterocycles. The fourth-order valence-corrected chi connectivity index (χ4v) is 3.57. The second kappa shape index (κ2) is 8.98. The number of hydrogen-bond donors (Lipinski definition) is 2. The molecule has 0 spiro atoms. The van der Waals surface area contributed by atoms with Gasteiger partial charge in [-0.15, -0.1) is 4.40 Å². The van der Waals surface area contributed by atoms with Gasteiger partial charge in [0.1, 0.15) is 11.2 Å². The van der Waals surface area contributed by atoms with Gasteiger partial charge in [-0.1, -0.05) is 41.9 Å². The van der Waals surface area contributed by atoms with Gasteiger partial charge in [0.2, 0.25) is 0 Å². The summed E-state index contributed by atoms with van der Waals surface area (Å²) in [7, 11) is -0.795. The van der Waals surface area contributed by atoms with Crippen LogP contribution in [0.15, 0.2) is 57.8 Å². The van der Waals surface area contributed by atoms with Crippen LogP contribution in [0.5, 0.6) is 0 Å². The third-order valence-electron chi connectivity index (χ3n) is 3.53. The molecule has 9 heteroatoms. The van der Waals surface area contributed by atoms with Gasteiger partial charge in [-0.05, 0) is 23.8 Å². The summed E-state index contributed by atoms with van der Waals surface area (Å²) in [6.45, 7) is -0.0215. The van der Waals surface area contributed by atoms with Crippen molar-refractivity contribution in [2.24, 2.45) is 4.40 Å². The third-order valence-corrected chi connectivity index (χ3v) is 5.24. The van der Waals surface area contributed by atoms with Gasteiger partial charge in [0.25, 0.3) is 15.9 Å². The highest BCUT2D eigenvalue weighted by atomic mass is 35.5. The fourth-order valence-electron chi connectivity index (χ4n) is 2.14.